The largest absolute Gasteiger partial charge is 0.492 e. The normalized spacial score (nSPS) is 11.3. The van der Waals surface area contributed by atoms with Crippen LogP contribution in [0.4, 0.5) is 0 Å². The lowest BCUT2D eigenvalue weighted by Gasteiger charge is -2.12. The van der Waals surface area contributed by atoms with Gasteiger partial charge < -0.3 is 14.6 Å². The quantitative estimate of drug-likeness (QED) is 0.744. The molecule has 0 unspecified atom stereocenters. The van der Waals surface area contributed by atoms with Gasteiger partial charge in [0.2, 0.25) is 0 Å². The summed E-state index contributed by atoms with van der Waals surface area (Å²) in [6.07, 6.45) is 1.63. The van der Waals surface area contributed by atoms with Crippen LogP contribution in [0.5, 0.6) is 11.5 Å². The van der Waals surface area contributed by atoms with Crippen molar-refractivity contribution in [3.63, 3.8) is 0 Å². The molecule has 0 saturated heterocycles. The van der Waals surface area contributed by atoms with Gasteiger partial charge in [-0.15, -0.1) is 11.3 Å². The molecule has 6 heteroatoms. The lowest BCUT2D eigenvalue weighted by atomic mass is 10.1. The zero-order chi connectivity index (χ0) is 16.1. The number of hydrogen-bond donors (Lipinski definition) is 1. The molecule has 0 fully saturated rings. The summed E-state index contributed by atoms with van der Waals surface area (Å²) in [6, 6.07) is 7.18. The first-order valence-electron chi connectivity index (χ1n) is 6.56. The van der Waals surface area contributed by atoms with E-state index in [9.17, 15) is 9.90 Å². The number of rotatable bonds is 6. The summed E-state index contributed by atoms with van der Waals surface area (Å²) in [4.78, 5) is 12.2. The monoisotopic (exact) mass is 382 g/mol. The molecule has 0 amide bonds. The second-order valence-corrected chi connectivity index (χ2v) is 6.11. The van der Waals surface area contributed by atoms with Crippen molar-refractivity contribution in [1.82, 2.24) is 0 Å². The van der Waals surface area contributed by atoms with Crippen LogP contribution in [0.2, 0.25) is 0 Å². The minimum atomic E-state index is -0.965. The van der Waals surface area contributed by atoms with Crippen LogP contribution in [0.1, 0.15) is 17.4 Å². The van der Waals surface area contributed by atoms with E-state index in [1.165, 1.54) is 11.3 Å². The SMILES string of the molecule is CCOc1cc(/C=C(\C(=O)O)c2cccs2)cc(Br)c1OC. The zero-order valence-corrected chi connectivity index (χ0v) is 14.5. The number of methoxy groups -OCH3 is 1. The number of halogens is 1. The van der Waals surface area contributed by atoms with E-state index < -0.39 is 5.97 Å². The molecule has 0 atom stereocenters. The van der Waals surface area contributed by atoms with Crippen molar-refractivity contribution in [3.8, 4) is 11.5 Å². The van der Waals surface area contributed by atoms with Crippen molar-refractivity contribution in [2.45, 2.75) is 6.92 Å². The zero-order valence-electron chi connectivity index (χ0n) is 12.1. The summed E-state index contributed by atoms with van der Waals surface area (Å²) in [7, 11) is 1.56. The van der Waals surface area contributed by atoms with E-state index in [-0.39, 0.29) is 5.57 Å². The molecule has 0 aliphatic heterocycles. The van der Waals surface area contributed by atoms with Gasteiger partial charge in [0.1, 0.15) is 0 Å². The highest BCUT2D eigenvalue weighted by atomic mass is 79.9. The van der Waals surface area contributed by atoms with Crippen LogP contribution in [0.15, 0.2) is 34.1 Å². The lowest BCUT2D eigenvalue weighted by molar-refractivity contribution is -0.130. The van der Waals surface area contributed by atoms with E-state index in [4.69, 9.17) is 9.47 Å². The fourth-order valence-electron chi connectivity index (χ4n) is 1.97. The topological polar surface area (TPSA) is 55.8 Å². The molecular weight excluding hydrogens is 368 g/mol. The number of benzene rings is 1. The molecule has 22 heavy (non-hydrogen) atoms. The van der Waals surface area contributed by atoms with E-state index >= 15 is 0 Å². The highest BCUT2D eigenvalue weighted by Gasteiger charge is 2.14. The molecule has 1 heterocycles. The number of carboxylic acids is 1. The Morgan fingerprint density at radius 2 is 2.23 bits per heavy atom. The van der Waals surface area contributed by atoms with Gasteiger partial charge in [-0.05, 0) is 58.1 Å². The average molecular weight is 383 g/mol. The maximum absolute atomic E-state index is 11.5. The molecule has 2 rings (SSSR count). The Labute approximate surface area is 141 Å². The minimum Gasteiger partial charge on any atom is -0.492 e. The van der Waals surface area contributed by atoms with Crippen LogP contribution >= 0.6 is 27.3 Å². The van der Waals surface area contributed by atoms with Crippen molar-refractivity contribution < 1.29 is 19.4 Å². The molecule has 0 bridgehead atoms. The van der Waals surface area contributed by atoms with Gasteiger partial charge in [0.15, 0.2) is 11.5 Å². The van der Waals surface area contributed by atoms with E-state index in [1.807, 2.05) is 18.4 Å². The second kappa shape index (κ2) is 7.47. The first-order chi connectivity index (χ1) is 10.6. The number of ether oxygens (including phenoxy) is 2. The van der Waals surface area contributed by atoms with Gasteiger partial charge in [-0.3, -0.25) is 0 Å². The van der Waals surface area contributed by atoms with Gasteiger partial charge >= 0.3 is 5.97 Å². The third-order valence-electron chi connectivity index (χ3n) is 2.86. The summed E-state index contributed by atoms with van der Waals surface area (Å²) in [5.74, 6) is 0.195. The van der Waals surface area contributed by atoms with Crippen molar-refractivity contribution >= 4 is 44.9 Å². The van der Waals surface area contributed by atoms with Crippen LogP contribution in [-0.4, -0.2) is 24.8 Å². The second-order valence-electron chi connectivity index (χ2n) is 4.31. The van der Waals surface area contributed by atoms with E-state index in [2.05, 4.69) is 15.9 Å². The average Bonchev–Trinajstić information content (AvgIpc) is 2.98. The van der Waals surface area contributed by atoms with Crippen LogP contribution in [0.3, 0.4) is 0 Å². The minimum absolute atomic E-state index is 0.245. The standard InChI is InChI=1S/C16H15BrO4S/c1-3-21-13-9-10(8-12(17)15(13)20-2)7-11(16(18)19)14-5-4-6-22-14/h4-9H,3H2,1-2H3,(H,18,19)/b11-7-. The van der Waals surface area contributed by atoms with Gasteiger partial charge in [-0.1, -0.05) is 6.07 Å². The summed E-state index contributed by atoms with van der Waals surface area (Å²) >= 11 is 4.81. The Balaban J connectivity index is 2.51. The summed E-state index contributed by atoms with van der Waals surface area (Å²) < 4.78 is 11.6. The number of carbonyl (C=O) groups is 1. The van der Waals surface area contributed by atoms with E-state index in [0.29, 0.717) is 27.5 Å². The Morgan fingerprint density at radius 1 is 1.45 bits per heavy atom. The predicted molar refractivity (Wildman–Crippen MR) is 91.7 cm³/mol. The molecule has 4 nitrogen and oxygen atoms in total. The predicted octanol–water partition coefficient (Wildman–Crippen LogP) is 4.54. The highest BCUT2D eigenvalue weighted by molar-refractivity contribution is 9.10. The van der Waals surface area contributed by atoms with Crippen LogP contribution in [0.25, 0.3) is 11.6 Å². The van der Waals surface area contributed by atoms with Crippen molar-refractivity contribution in [2.75, 3.05) is 13.7 Å². The molecule has 2 aromatic rings. The van der Waals surface area contributed by atoms with E-state index in [0.717, 1.165) is 5.56 Å². The van der Waals surface area contributed by atoms with Gasteiger partial charge in [-0.25, -0.2) is 4.79 Å². The molecule has 1 aromatic carbocycles. The fraction of sp³-hybridized carbons (Fsp3) is 0.188. The molecule has 116 valence electrons. The number of aliphatic carboxylic acids is 1. The fourth-order valence-corrected chi connectivity index (χ4v) is 3.32. The molecule has 1 aromatic heterocycles. The van der Waals surface area contributed by atoms with Gasteiger partial charge in [0, 0.05) is 4.88 Å². The first-order valence-corrected chi connectivity index (χ1v) is 8.23. The van der Waals surface area contributed by atoms with Crippen LogP contribution < -0.4 is 9.47 Å². The van der Waals surface area contributed by atoms with E-state index in [1.54, 1.807) is 31.4 Å². The number of carboxylic acid groups (broad SMARTS) is 1. The molecule has 0 aliphatic rings. The summed E-state index contributed by atoms with van der Waals surface area (Å²) in [6.45, 7) is 2.37. The summed E-state index contributed by atoms with van der Waals surface area (Å²) in [5, 5.41) is 11.3. The molecule has 0 spiro atoms. The Morgan fingerprint density at radius 3 is 2.77 bits per heavy atom. The molecule has 0 radical (unpaired) electrons. The molecule has 0 saturated carbocycles. The molecule has 0 aliphatic carbocycles. The maximum atomic E-state index is 11.5. The molecular formula is C16H15BrO4S. The smallest absolute Gasteiger partial charge is 0.337 e. The third kappa shape index (κ3) is 3.69. The van der Waals surface area contributed by atoms with Gasteiger partial charge in [-0.2, -0.15) is 0 Å². The Hall–Kier alpha value is -1.79. The lowest BCUT2D eigenvalue weighted by Crippen LogP contribution is -1.99. The number of hydrogen-bond acceptors (Lipinski definition) is 4. The van der Waals surface area contributed by atoms with Crippen LogP contribution in [-0.2, 0) is 4.79 Å². The summed E-state index contributed by atoms with van der Waals surface area (Å²) in [5.41, 5.74) is 0.969. The van der Waals surface area contributed by atoms with Crippen LogP contribution in [0, 0.1) is 0 Å². The van der Waals surface area contributed by atoms with Gasteiger partial charge in [0.05, 0.1) is 23.8 Å². The van der Waals surface area contributed by atoms with Crippen molar-refractivity contribution in [3.05, 3.63) is 44.6 Å². The van der Waals surface area contributed by atoms with Crippen molar-refractivity contribution in [2.24, 2.45) is 0 Å². The Bertz CT molecular complexity index is 692. The first kappa shape index (κ1) is 16.6. The molecule has 1 N–H and O–H groups in total. The van der Waals surface area contributed by atoms with Gasteiger partial charge in [0.25, 0.3) is 0 Å². The highest BCUT2D eigenvalue weighted by Crippen LogP contribution is 2.37. The Kier molecular flexibility index (Phi) is 5.63. The number of thiophene rings is 1. The maximum Gasteiger partial charge on any atom is 0.337 e. The van der Waals surface area contributed by atoms with Crippen molar-refractivity contribution in [1.29, 1.82) is 0 Å². The third-order valence-corrected chi connectivity index (χ3v) is 4.36.